The van der Waals surface area contributed by atoms with E-state index in [-0.39, 0.29) is 5.28 Å². The molecule has 0 saturated heterocycles. The van der Waals surface area contributed by atoms with Crippen LogP contribution in [0.5, 0.6) is 0 Å². The van der Waals surface area contributed by atoms with E-state index in [0.717, 1.165) is 15.9 Å². The molecule has 0 aliphatic carbocycles. The first-order valence-electron chi connectivity index (χ1n) is 4.49. The van der Waals surface area contributed by atoms with E-state index in [0.29, 0.717) is 12.4 Å². The van der Waals surface area contributed by atoms with E-state index >= 15 is 0 Å². The summed E-state index contributed by atoms with van der Waals surface area (Å²) in [4.78, 5) is 7.86. The SMILES string of the molecule is Cc1cc(CNc2nc(Cl)ncc2Br)on1. The van der Waals surface area contributed by atoms with Crippen LogP contribution < -0.4 is 5.32 Å². The third-order valence-electron chi connectivity index (χ3n) is 1.82. The van der Waals surface area contributed by atoms with Gasteiger partial charge < -0.3 is 9.84 Å². The fraction of sp³-hybridized carbons (Fsp3) is 0.222. The zero-order chi connectivity index (χ0) is 11.5. The molecule has 7 heteroatoms. The van der Waals surface area contributed by atoms with Gasteiger partial charge in [-0.3, -0.25) is 0 Å². The van der Waals surface area contributed by atoms with Crippen LogP contribution in [0.1, 0.15) is 11.5 Å². The molecule has 2 aromatic heterocycles. The molecule has 0 saturated carbocycles. The maximum absolute atomic E-state index is 5.68. The van der Waals surface area contributed by atoms with Crippen LogP contribution in [0.25, 0.3) is 0 Å². The number of aryl methyl sites for hydroxylation is 1. The molecule has 0 atom stereocenters. The molecule has 5 nitrogen and oxygen atoms in total. The average molecular weight is 304 g/mol. The number of hydrogen-bond donors (Lipinski definition) is 1. The van der Waals surface area contributed by atoms with Crippen molar-refractivity contribution in [1.82, 2.24) is 15.1 Å². The summed E-state index contributed by atoms with van der Waals surface area (Å²) in [6.07, 6.45) is 1.59. The van der Waals surface area contributed by atoms with E-state index in [9.17, 15) is 0 Å². The number of nitrogens with one attached hydrogen (secondary N) is 1. The minimum absolute atomic E-state index is 0.194. The van der Waals surface area contributed by atoms with Crippen LogP contribution in [-0.2, 0) is 6.54 Å². The van der Waals surface area contributed by atoms with Gasteiger partial charge in [-0.1, -0.05) is 5.16 Å². The molecule has 0 fully saturated rings. The Labute approximate surface area is 105 Å². The molecule has 0 bridgehead atoms. The molecule has 0 spiro atoms. The monoisotopic (exact) mass is 302 g/mol. The standard InChI is InChI=1S/C9H8BrClN4O/c1-5-2-6(16-15-5)3-12-8-7(10)4-13-9(11)14-8/h2,4H,3H2,1H3,(H,12,13,14). The van der Waals surface area contributed by atoms with Gasteiger partial charge in [-0.15, -0.1) is 0 Å². The molecule has 2 rings (SSSR count). The fourth-order valence-electron chi connectivity index (χ4n) is 1.14. The molecule has 0 aliphatic heterocycles. The quantitative estimate of drug-likeness (QED) is 0.883. The van der Waals surface area contributed by atoms with E-state index in [1.54, 1.807) is 6.20 Å². The number of nitrogens with zero attached hydrogens (tertiary/aromatic N) is 3. The second-order valence-electron chi connectivity index (χ2n) is 3.12. The highest BCUT2D eigenvalue weighted by Gasteiger charge is 2.05. The molecule has 0 unspecified atom stereocenters. The van der Waals surface area contributed by atoms with Crippen molar-refractivity contribution in [3.8, 4) is 0 Å². The highest BCUT2D eigenvalue weighted by atomic mass is 79.9. The zero-order valence-corrected chi connectivity index (χ0v) is 10.7. The van der Waals surface area contributed by atoms with Crippen molar-refractivity contribution in [2.24, 2.45) is 0 Å². The topological polar surface area (TPSA) is 63.8 Å². The molecule has 0 aliphatic rings. The lowest BCUT2D eigenvalue weighted by Gasteiger charge is -2.04. The normalized spacial score (nSPS) is 10.4. The van der Waals surface area contributed by atoms with Gasteiger partial charge in [0.1, 0.15) is 5.82 Å². The summed E-state index contributed by atoms with van der Waals surface area (Å²) in [7, 11) is 0. The Morgan fingerprint density at radius 3 is 3.06 bits per heavy atom. The summed E-state index contributed by atoms with van der Waals surface area (Å²) >= 11 is 9.00. The molecule has 0 amide bonds. The van der Waals surface area contributed by atoms with Gasteiger partial charge in [0.05, 0.1) is 16.7 Å². The van der Waals surface area contributed by atoms with Crippen molar-refractivity contribution in [3.63, 3.8) is 0 Å². The van der Waals surface area contributed by atoms with Crippen LogP contribution in [0.2, 0.25) is 5.28 Å². The lowest BCUT2D eigenvalue weighted by Crippen LogP contribution is -2.02. The lowest BCUT2D eigenvalue weighted by atomic mass is 10.4. The molecule has 2 aromatic rings. The summed E-state index contributed by atoms with van der Waals surface area (Å²) < 4.78 is 5.80. The third-order valence-corrected chi connectivity index (χ3v) is 2.58. The van der Waals surface area contributed by atoms with Gasteiger partial charge in [0.2, 0.25) is 5.28 Å². The molecule has 84 valence electrons. The molecular weight excluding hydrogens is 295 g/mol. The number of aromatic nitrogens is 3. The van der Waals surface area contributed by atoms with Crippen molar-refractivity contribution in [2.45, 2.75) is 13.5 Å². The van der Waals surface area contributed by atoms with Gasteiger partial charge in [0, 0.05) is 12.3 Å². The maximum Gasteiger partial charge on any atom is 0.224 e. The Morgan fingerprint density at radius 1 is 1.56 bits per heavy atom. The second kappa shape index (κ2) is 4.80. The highest BCUT2D eigenvalue weighted by Crippen LogP contribution is 2.20. The van der Waals surface area contributed by atoms with Gasteiger partial charge in [-0.05, 0) is 34.5 Å². The predicted octanol–water partition coefficient (Wildman–Crippen LogP) is 2.80. The van der Waals surface area contributed by atoms with Gasteiger partial charge in [0.25, 0.3) is 0 Å². The average Bonchev–Trinajstić information content (AvgIpc) is 2.66. The molecule has 0 aromatic carbocycles. The largest absolute Gasteiger partial charge is 0.362 e. The minimum atomic E-state index is 0.194. The first-order chi connectivity index (χ1) is 7.65. The van der Waals surface area contributed by atoms with Crippen LogP contribution in [0.3, 0.4) is 0 Å². The van der Waals surface area contributed by atoms with Crippen molar-refractivity contribution in [1.29, 1.82) is 0 Å². The van der Waals surface area contributed by atoms with Gasteiger partial charge >= 0.3 is 0 Å². The van der Waals surface area contributed by atoms with Crippen LogP contribution >= 0.6 is 27.5 Å². The van der Waals surface area contributed by atoms with E-state index in [4.69, 9.17) is 16.1 Å². The summed E-state index contributed by atoms with van der Waals surface area (Å²) in [6.45, 7) is 2.36. The van der Waals surface area contributed by atoms with Crippen LogP contribution in [0, 0.1) is 6.92 Å². The molecule has 16 heavy (non-hydrogen) atoms. The van der Waals surface area contributed by atoms with Crippen LogP contribution in [-0.4, -0.2) is 15.1 Å². The van der Waals surface area contributed by atoms with E-state index < -0.39 is 0 Å². The van der Waals surface area contributed by atoms with E-state index in [1.807, 2.05) is 13.0 Å². The zero-order valence-electron chi connectivity index (χ0n) is 8.37. The Balaban J connectivity index is 2.07. The summed E-state index contributed by atoms with van der Waals surface area (Å²) in [6, 6.07) is 1.85. The molecular formula is C9H8BrClN4O. The Kier molecular flexibility index (Phi) is 3.40. The first kappa shape index (κ1) is 11.3. The summed E-state index contributed by atoms with van der Waals surface area (Å²) in [5.74, 6) is 1.35. The van der Waals surface area contributed by atoms with Gasteiger partial charge in [-0.2, -0.15) is 4.98 Å². The van der Waals surface area contributed by atoms with Crippen molar-refractivity contribution < 1.29 is 4.52 Å². The van der Waals surface area contributed by atoms with Gasteiger partial charge in [-0.25, -0.2) is 4.98 Å². The number of halogens is 2. The van der Waals surface area contributed by atoms with Crippen molar-refractivity contribution >= 4 is 33.3 Å². The minimum Gasteiger partial charge on any atom is -0.362 e. The third kappa shape index (κ3) is 2.70. The molecule has 1 N–H and O–H groups in total. The number of rotatable bonds is 3. The molecule has 2 heterocycles. The summed E-state index contributed by atoms with van der Waals surface area (Å²) in [5.41, 5.74) is 0.844. The van der Waals surface area contributed by atoms with Gasteiger partial charge in [0.15, 0.2) is 5.76 Å². The Bertz CT molecular complexity index is 502. The smallest absolute Gasteiger partial charge is 0.224 e. The lowest BCUT2D eigenvalue weighted by molar-refractivity contribution is 0.384. The van der Waals surface area contributed by atoms with E-state index in [1.165, 1.54) is 0 Å². The second-order valence-corrected chi connectivity index (χ2v) is 4.32. The highest BCUT2D eigenvalue weighted by molar-refractivity contribution is 9.10. The molecule has 0 radical (unpaired) electrons. The predicted molar refractivity (Wildman–Crippen MR) is 63.3 cm³/mol. The summed E-state index contributed by atoms with van der Waals surface area (Å²) in [5, 5.41) is 7.04. The first-order valence-corrected chi connectivity index (χ1v) is 5.66. The fourth-order valence-corrected chi connectivity index (χ4v) is 1.60. The number of anilines is 1. The van der Waals surface area contributed by atoms with Crippen molar-refractivity contribution in [3.05, 3.63) is 33.5 Å². The van der Waals surface area contributed by atoms with Crippen molar-refractivity contribution in [2.75, 3.05) is 5.32 Å². The Morgan fingerprint density at radius 2 is 2.38 bits per heavy atom. The van der Waals surface area contributed by atoms with Crippen LogP contribution in [0.4, 0.5) is 5.82 Å². The van der Waals surface area contributed by atoms with E-state index in [2.05, 4.69) is 36.4 Å². The maximum atomic E-state index is 5.68. The van der Waals surface area contributed by atoms with Crippen LogP contribution in [0.15, 0.2) is 21.3 Å². The number of hydrogen-bond acceptors (Lipinski definition) is 5. The Hall–Kier alpha value is -1.14.